The Balaban J connectivity index is 1.35. The van der Waals surface area contributed by atoms with Crippen LogP contribution in [0.3, 0.4) is 0 Å². The first kappa shape index (κ1) is 22.2. The first-order chi connectivity index (χ1) is 16.5. The van der Waals surface area contributed by atoms with E-state index in [-0.39, 0.29) is 43.1 Å². The number of rotatable bonds is 7. The van der Waals surface area contributed by atoms with Crippen molar-refractivity contribution in [1.29, 1.82) is 0 Å². The van der Waals surface area contributed by atoms with Crippen molar-refractivity contribution in [3.8, 4) is 17.1 Å². The first-order valence-electron chi connectivity index (χ1n) is 11.7. The number of carbonyl (C=O) groups is 2. The maximum absolute atomic E-state index is 13.4. The molecule has 3 aromatic rings. The molecule has 3 heterocycles. The Kier molecular flexibility index (Phi) is 6.08. The van der Waals surface area contributed by atoms with Gasteiger partial charge >= 0.3 is 6.03 Å². The molecule has 0 spiro atoms. The van der Waals surface area contributed by atoms with Gasteiger partial charge in [-0.3, -0.25) is 9.69 Å². The highest BCUT2D eigenvalue weighted by atomic mass is 16.5. The lowest BCUT2D eigenvalue weighted by Crippen LogP contribution is -2.61. The predicted octanol–water partition coefficient (Wildman–Crippen LogP) is 4.64. The highest BCUT2D eigenvalue weighted by molar-refractivity contribution is 5.98. The quantitative estimate of drug-likeness (QED) is 0.502. The van der Waals surface area contributed by atoms with Crippen molar-refractivity contribution in [3.63, 3.8) is 0 Å². The fourth-order valence-corrected chi connectivity index (χ4v) is 4.79. The molecule has 1 saturated carbocycles. The number of hydrogen-bond acceptors (Lipinski definition) is 7. The SMILES string of the molecule is CC(C)Oc1ccc(-c2noc(CN3C(=O)N(Cc4ccco4)C(=O)C4CCCCC43)n2)cc1. The summed E-state index contributed by atoms with van der Waals surface area (Å²) in [6.07, 6.45) is 5.14. The Morgan fingerprint density at radius 1 is 1.09 bits per heavy atom. The Morgan fingerprint density at radius 2 is 1.88 bits per heavy atom. The zero-order valence-electron chi connectivity index (χ0n) is 19.3. The van der Waals surface area contributed by atoms with Crippen molar-refractivity contribution in [3.05, 3.63) is 54.3 Å². The summed E-state index contributed by atoms with van der Waals surface area (Å²) in [5.74, 6) is 1.77. The van der Waals surface area contributed by atoms with Crippen LogP contribution in [0.1, 0.15) is 51.2 Å². The third-order valence-corrected chi connectivity index (χ3v) is 6.34. The number of ether oxygens (including phenoxy) is 1. The number of furan rings is 1. The summed E-state index contributed by atoms with van der Waals surface area (Å²) in [7, 11) is 0. The van der Waals surface area contributed by atoms with Gasteiger partial charge in [-0.1, -0.05) is 18.0 Å². The van der Waals surface area contributed by atoms with E-state index in [1.54, 1.807) is 17.0 Å². The minimum atomic E-state index is -0.348. The van der Waals surface area contributed by atoms with Crippen LogP contribution in [0.4, 0.5) is 4.79 Å². The molecule has 0 radical (unpaired) electrons. The average molecular weight is 465 g/mol. The number of imide groups is 1. The lowest BCUT2D eigenvalue weighted by Gasteiger charge is -2.46. The number of fused-ring (bicyclic) bond motifs is 1. The molecule has 0 N–H and O–H groups in total. The van der Waals surface area contributed by atoms with Gasteiger partial charge in [-0.05, 0) is 63.1 Å². The van der Waals surface area contributed by atoms with Crippen LogP contribution < -0.4 is 4.74 Å². The number of hydrogen-bond donors (Lipinski definition) is 0. The van der Waals surface area contributed by atoms with E-state index < -0.39 is 0 Å². The monoisotopic (exact) mass is 464 g/mol. The highest BCUT2D eigenvalue weighted by Crippen LogP contribution is 2.36. The lowest BCUT2D eigenvalue weighted by molar-refractivity contribution is -0.141. The summed E-state index contributed by atoms with van der Waals surface area (Å²) >= 11 is 0. The minimum Gasteiger partial charge on any atom is -0.491 e. The van der Waals surface area contributed by atoms with Crippen molar-refractivity contribution >= 4 is 11.9 Å². The van der Waals surface area contributed by atoms with Crippen molar-refractivity contribution in [2.75, 3.05) is 0 Å². The van der Waals surface area contributed by atoms with Gasteiger partial charge in [-0.2, -0.15) is 4.98 Å². The molecule has 9 nitrogen and oxygen atoms in total. The second kappa shape index (κ2) is 9.32. The van der Waals surface area contributed by atoms with Crippen LogP contribution in [0.15, 0.2) is 51.6 Å². The molecule has 2 unspecified atom stereocenters. The third-order valence-electron chi connectivity index (χ3n) is 6.34. The van der Waals surface area contributed by atoms with Crippen LogP contribution in [-0.4, -0.2) is 44.0 Å². The number of amides is 3. The van der Waals surface area contributed by atoms with Crippen LogP contribution in [0.5, 0.6) is 5.75 Å². The van der Waals surface area contributed by atoms with Gasteiger partial charge in [-0.25, -0.2) is 4.79 Å². The summed E-state index contributed by atoms with van der Waals surface area (Å²) in [5, 5.41) is 4.11. The van der Waals surface area contributed by atoms with Crippen molar-refractivity contribution in [2.45, 2.75) is 64.8 Å². The summed E-state index contributed by atoms with van der Waals surface area (Å²) in [5.41, 5.74) is 0.793. The Bertz CT molecular complexity index is 1140. The molecule has 1 aromatic carbocycles. The lowest BCUT2D eigenvalue weighted by atomic mass is 9.81. The summed E-state index contributed by atoms with van der Waals surface area (Å²) < 4.78 is 16.6. The fourth-order valence-electron chi connectivity index (χ4n) is 4.79. The van der Waals surface area contributed by atoms with Crippen molar-refractivity contribution in [2.24, 2.45) is 5.92 Å². The van der Waals surface area contributed by atoms with E-state index in [0.717, 1.165) is 37.0 Å². The molecular weight excluding hydrogens is 436 g/mol. The van der Waals surface area contributed by atoms with Gasteiger partial charge < -0.3 is 18.6 Å². The van der Waals surface area contributed by atoms with E-state index in [4.69, 9.17) is 13.7 Å². The predicted molar refractivity (Wildman–Crippen MR) is 121 cm³/mol. The Hall–Kier alpha value is -3.62. The minimum absolute atomic E-state index is 0.0903. The standard InChI is InChI=1S/C25H28N4O5/c1-16(2)33-18-11-9-17(10-12-18)23-26-22(34-27-23)15-28-21-8-4-3-7-20(21)24(30)29(25(28)31)14-19-6-5-13-32-19/h5-6,9-13,16,20-21H,3-4,7-8,14-15H2,1-2H3. The zero-order valence-corrected chi connectivity index (χ0v) is 19.3. The van der Waals surface area contributed by atoms with Crippen molar-refractivity contribution in [1.82, 2.24) is 19.9 Å². The Morgan fingerprint density at radius 3 is 2.62 bits per heavy atom. The normalized spacial score (nSPS) is 20.7. The topological polar surface area (TPSA) is 102 Å². The second-order valence-corrected chi connectivity index (χ2v) is 9.08. The number of aromatic nitrogens is 2. The number of nitrogens with zero attached hydrogens (tertiary/aromatic N) is 4. The van der Waals surface area contributed by atoms with E-state index in [0.29, 0.717) is 17.5 Å². The molecule has 1 aliphatic heterocycles. The molecule has 1 aliphatic carbocycles. The maximum Gasteiger partial charge on any atom is 0.327 e. The summed E-state index contributed by atoms with van der Waals surface area (Å²) in [6.45, 7) is 4.22. The molecule has 2 aliphatic rings. The van der Waals surface area contributed by atoms with Crippen molar-refractivity contribution < 1.29 is 23.3 Å². The zero-order chi connectivity index (χ0) is 23.7. The van der Waals surface area contributed by atoms with Gasteiger partial charge in [-0.15, -0.1) is 0 Å². The average Bonchev–Trinajstić information content (AvgIpc) is 3.52. The molecule has 0 bridgehead atoms. The summed E-state index contributed by atoms with van der Waals surface area (Å²) in [6, 6.07) is 10.5. The summed E-state index contributed by atoms with van der Waals surface area (Å²) in [4.78, 5) is 34.1. The molecule has 5 rings (SSSR count). The molecule has 2 aromatic heterocycles. The largest absolute Gasteiger partial charge is 0.491 e. The van der Waals surface area contributed by atoms with Crippen LogP contribution in [0.25, 0.3) is 11.4 Å². The van der Waals surface area contributed by atoms with E-state index in [2.05, 4.69) is 10.1 Å². The third kappa shape index (κ3) is 4.42. The van der Waals surface area contributed by atoms with E-state index >= 15 is 0 Å². The molecule has 1 saturated heterocycles. The molecule has 9 heteroatoms. The molecule has 2 atom stereocenters. The first-order valence-corrected chi connectivity index (χ1v) is 11.7. The van der Waals surface area contributed by atoms with Gasteiger partial charge in [0, 0.05) is 11.6 Å². The van der Waals surface area contributed by atoms with Gasteiger partial charge in [0.15, 0.2) is 0 Å². The number of urea groups is 1. The fraction of sp³-hybridized carbons (Fsp3) is 0.440. The van der Waals surface area contributed by atoms with Crippen LogP contribution in [0, 0.1) is 5.92 Å². The van der Waals surface area contributed by atoms with Gasteiger partial charge in [0.1, 0.15) is 18.1 Å². The number of benzene rings is 1. The van der Waals surface area contributed by atoms with Crippen LogP contribution in [-0.2, 0) is 17.9 Å². The molecule has 178 valence electrons. The van der Waals surface area contributed by atoms with Crippen LogP contribution in [0.2, 0.25) is 0 Å². The van der Waals surface area contributed by atoms with Gasteiger partial charge in [0.2, 0.25) is 17.6 Å². The molecular formula is C25H28N4O5. The van der Waals surface area contributed by atoms with E-state index in [1.165, 1.54) is 11.2 Å². The van der Waals surface area contributed by atoms with E-state index in [9.17, 15) is 9.59 Å². The van der Waals surface area contributed by atoms with Gasteiger partial charge in [0.05, 0.1) is 24.8 Å². The van der Waals surface area contributed by atoms with Crippen LogP contribution >= 0.6 is 0 Å². The Labute approximate surface area is 197 Å². The van der Waals surface area contributed by atoms with Gasteiger partial charge in [0.25, 0.3) is 0 Å². The second-order valence-electron chi connectivity index (χ2n) is 9.08. The number of carbonyl (C=O) groups excluding carboxylic acids is 2. The molecule has 3 amide bonds. The molecule has 34 heavy (non-hydrogen) atoms. The smallest absolute Gasteiger partial charge is 0.327 e. The highest BCUT2D eigenvalue weighted by Gasteiger charge is 2.47. The molecule has 2 fully saturated rings. The maximum atomic E-state index is 13.4. The van der Waals surface area contributed by atoms with E-state index in [1.807, 2.05) is 38.1 Å².